The summed E-state index contributed by atoms with van der Waals surface area (Å²) in [6.45, 7) is 1.72. The number of carbonyl (C=O) groups excluding carboxylic acids is 2. The van der Waals surface area contributed by atoms with Crippen LogP contribution >= 0.6 is 0 Å². The molecule has 0 aliphatic carbocycles. The Morgan fingerprint density at radius 2 is 2.25 bits per heavy atom. The molecule has 1 heterocycles. The van der Waals surface area contributed by atoms with Gasteiger partial charge in [-0.2, -0.15) is 0 Å². The average Bonchev–Trinajstić information content (AvgIpc) is 2.61. The molecule has 1 fully saturated rings. The Balaban J connectivity index is 2.17. The molecule has 1 aliphatic rings. The fourth-order valence-corrected chi connectivity index (χ4v) is 1.15. The topological polar surface area (TPSA) is 123 Å². The Labute approximate surface area is 90.5 Å². The average molecular weight is 229 g/mol. The number of hydrogen-bond acceptors (Lipinski definition) is 3. The predicted octanol–water partition coefficient (Wildman–Crippen LogP) is -0.149. The first-order valence-corrected chi connectivity index (χ1v) is 4.55. The zero-order valence-corrected chi connectivity index (χ0v) is 8.34. The number of hydrogen-bond donors (Lipinski definition) is 3. The van der Waals surface area contributed by atoms with Crippen molar-refractivity contribution in [3.63, 3.8) is 0 Å². The standard InChI is InChI=1S/C7H11N5O4/c13-5(10-11-7(15)16)8-1-3-12-4-2-9-6(12)14/h1-4H2,(H,8,13)(H,9,14)(H,15,16)/b11-10+. The van der Waals surface area contributed by atoms with Crippen molar-refractivity contribution in [3.8, 4) is 0 Å². The van der Waals surface area contributed by atoms with Gasteiger partial charge in [0, 0.05) is 26.2 Å². The monoisotopic (exact) mass is 229 g/mol. The SMILES string of the molecule is O=C(O)/N=N/C(=O)NCCN1CCNC1=O. The summed E-state index contributed by atoms with van der Waals surface area (Å²) in [5, 5.41) is 18.5. The molecule has 3 N–H and O–H groups in total. The van der Waals surface area contributed by atoms with E-state index in [1.165, 1.54) is 4.90 Å². The number of nitrogens with one attached hydrogen (secondary N) is 2. The first-order valence-electron chi connectivity index (χ1n) is 4.55. The Morgan fingerprint density at radius 3 is 2.81 bits per heavy atom. The van der Waals surface area contributed by atoms with Crippen molar-refractivity contribution in [1.29, 1.82) is 0 Å². The zero-order chi connectivity index (χ0) is 12.0. The minimum Gasteiger partial charge on any atom is -0.462 e. The number of urea groups is 2. The summed E-state index contributed by atoms with van der Waals surface area (Å²) in [4.78, 5) is 33.3. The molecule has 5 amide bonds. The van der Waals surface area contributed by atoms with Crippen LogP contribution in [0.25, 0.3) is 0 Å². The van der Waals surface area contributed by atoms with Crippen LogP contribution in [0.3, 0.4) is 0 Å². The molecule has 0 spiro atoms. The lowest BCUT2D eigenvalue weighted by molar-refractivity contribution is 0.202. The maximum Gasteiger partial charge on any atom is 0.450 e. The molecule has 0 aromatic heterocycles. The third kappa shape index (κ3) is 3.90. The van der Waals surface area contributed by atoms with E-state index in [9.17, 15) is 14.4 Å². The van der Waals surface area contributed by atoms with Gasteiger partial charge in [-0.15, -0.1) is 0 Å². The fourth-order valence-electron chi connectivity index (χ4n) is 1.15. The van der Waals surface area contributed by atoms with Crippen molar-refractivity contribution in [2.75, 3.05) is 26.2 Å². The summed E-state index contributed by atoms with van der Waals surface area (Å²) in [6.07, 6.45) is -1.53. The third-order valence-corrected chi connectivity index (χ3v) is 1.83. The van der Waals surface area contributed by atoms with Crippen molar-refractivity contribution in [2.45, 2.75) is 0 Å². The van der Waals surface area contributed by atoms with Crippen molar-refractivity contribution < 1.29 is 19.5 Å². The van der Waals surface area contributed by atoms with E-state index in [-0.39, 0.29) is 12.6 Å². The molecule has 1 rings (SSSR count). The zero-order valence-electron chi connectivity index (χ0n) is 8.34. The van der Waals surface area contributed by atoms with Crippen LogP contribution in [0, 0.1) is 0 Å². The molecule has 88 valence electrons. The quantitative estimate of drug-likeness (QED) is 0.582. The molecule has 1 aliphatic heterocycles. The van der Waals surface area contributed by atoms with Crippen molar-refractivity contribution >= 4 is 18.2 Å². The van der Waals surface area contributed by atoms with Gasteiger partial charge >= 0.3 is 18.2 Å². The van der Waals surface area contributed by atoms with Gasteiger partial charge in [-0.1, -0.05) is 10.2 Å². The van der Waals surface area contributed by atoms with Crippen molar-refractivity contribution in [3.05, 3.63) is 0 Å². The van der Waals surface area contributed by atoms with Gasteiger partial charge in [0.25, 0.3) is 0 Å². The second-order valence-electron chi connectivity index (χ2n) is 2.93. The van der Waals surface area contributed by atoms with Crippen LogP contribution in [0.2, 0.25) is 0 Å². The largest absolute Gasteiger partial charge is 0.462 e. The highest BCUT2D eigenvalue weighted by Gasteiger charge is 2.18. The van der Waals surface area contributed by atoms with Crippen LogP contribution in [-0.4, -0.2) is 54.3 Å². The molecule has 1 saturated heterocycles. The van der Waals surface area contributed by atoms with Crippen LogP contribution in [-0.2, 0) is 0 Å². The van der Waals surface area contributed by atoms with Gasteiger partial charge in [-0.05, 0) is 0 Å². The van der Waals surface area contributed by atoms with E-state index >= 15 is 0 Å². The van der Waals surface area contributed by atoms with E-state index in [2.05, 4.69) is 20.9 Å². The number of carbonyl (C=O) groups is 3. The van der Waals surface area contributed by atoms with Crippen LogP contribution < -0.4 is 10.6 Å². The maximum absolute atomic E-state index is 11.0. The Hall–Kier alpha value is -2.19. The highest BCUT2D eigenvalue weighted by molar-refractivity contribution is 5.77. The van der Waals surface area contributed by atoms with Gasteiger partial charge in [0.15, 0.2) is 0 Å². The Kier molecular flexibility index (Phi) is 4.18. The summed E-state index contributed by atoms with van der Waals surface area (Å²) in [7, 11) is 0. The summed E-state index contributed by atoms with van der Waals surface area (Å²) < 4.78 is 0. The molecule has 0 bridgehead atoms. The molecule has 0 unspecified atom stereocenters. The number of amides is 5. The van der Waals surface area contributed by atoms with Crippen LogP contribution in [0.1, 0.15) is 0 Å². The molecule has 0 aromatic carbocycles. The third-order valence-electron chi connectivity index (χ3n) is 1.83. The van der Waals surface area contributed by atoms with E-state index < -0.39 is 12.1 Å². The van der Waals surface area contributed by atoms with E-state index in [1.807, 2.05) is 0 Å². The Morgan fingerprint density at radius 1 is 1.50 bits per heavy atom. The molecule has 16 heavy (non-hydrogen) atoms. The van der Waals surface area contributed by atoms with Gasteiger partial charge in [0.2, 0.25) is 0 Å². The predicted molar refractivity (Wildman–Crippen MR) is 51.3 cm³/mol. The molecule has 9 heteroatoms. The lowest BCUT2D eigenvalue weighted by Gasteiger charge is -2.13. The van der Waals surface area contributed by atoms with E-state index in [4.69, 9.17) is 5.11 Å². The van der Waals surface area contributed by atoms with Gasteiger partial charge in [0.1, 0.15) is 0 Å². The van der Waals surface area contributed by atoms with Crippen LogP contribution in [0.4, 0.5) is 14.4 Å². The molecular weight excluding hydrogens is 218 g/mol. The maximum atomic E-state index is 11.0. The summed E-state index contributed by atoms with van der Waals surface area (Å²) in [6, 6.07) is -1.02. The molecule has 9 nitrogen and oxygen atoms in total. The van der Waals surface area contributed by atoms with Gasteiger partial charge in [-0.25, -0.2) is 14.4 Å². The number of carboxylic acid groups (broad SMARTS) is 1. The number of nitrogens with zero attached hydrogens (tertiary/aromatic N) is 3. The molecule has 0 saturated carbocycles. The molecule has 0 aromatic rings. The second-order valence-corrected chi connectivity index (χ2v) is 2.93. The molecular formula is C7H11N5O4. The molecule has 0 radical (unpaired) electrons. The minimum atomic E-state index is -1.53. The Bertz CT molecular complexity index is 329. The highest BCUT2D eigenvalue weighted by atomic mass is 16.4. The second kappa shape index (κ2) is 5.63. The van der Waals surface area contributed by atoms with E-state index in [1.54, 1.807) is 0 Å². The first-order chi connectivity index (χ1) is 7.59. The highest BCUT2D eigenvalue weighted by Crippen LogP contribution is 1.94. The van der Waals surface area contributed by atoms with Crippen LogP contribution in [0.15, 0.2) is 10.2 Å². The van der Waals surface area contributed by atoms with Crippen molar-refractivity contribution in [1.82, 2.24) is 15.5 Å². The molecule has 0 atom stereocenters. The number of rotatable bonds is 3. The smallest absolute Gasteiger partial charge is 0.450 e. The van der Waals surface area contributed by atoms with Gasteiger partial charge < -0.3 is 20.6 Å². The van der Waals surface area contributed by atoms with Crippen molar-refractivity contribution in [2.24, 2.45) is 10.2 Å². The fraction of sp³-hybridized carbons (Fsp3) is 0.571. The summed E-state index contributed by atoms with van der Waals surface area (Å²) in [5.74, 6) is 0. The summed E-state index contributed by atoms with van der Waals surface area (Å²) in [5.41, 5.74) is 0. The van der Waals surface area contributed by atoms with Crippen LogP contribution in [0.5, 0.6) is 0 Å². The first kappa shape index (κ1) is 11.9. The van der Waals surface area contributed by atoms with Gasteiger partial charge in [-0.3, -0.25) is 0 Å². The van der Waals surface area contributed by atoms with E-state index in [0.29, 0.717) is 19.6 Å². The van der Waals surface area contributed by atoms with E-state index in [0.717, 1.165) is 0 Å². The summed E-state index contributed by atoms with van der Waals surface area (Å²) >= 11 is 0. The normalized spacial score (nSPS) is 15.2. The minimum absolute atomic E-state index is 0.179. The lowest BCUT2D eigenvalue weighted by Crippen LogP contribution is -2.35. The lowest BCUT2D eigenvalue weighted by atomic mass is 10.5. The number of azo groups is 1. The van der Waals surface area contributed by atoms with Gasteiger partial charge in [0.05, 0.1) is 0 Å².